The maximum Gasteiger partial charge on any atom is 0.261 e. The molecule has 1 aliphatic rings. The van der Waals surface area contributed by atoms with E-state index in [0.29, 0.717) is 35.7 Å². The smallest absolute Gasteiger partial charge is 0.261 e. The summed E-state index contributed by atoms with van der Waals surface area (Å²) in [4.78, 5) is 40.9. The summed E-state index contributed by atoms with van der Waals surface area (Å²) in [6.45, 7) is 2.69. The van der Waals surface area contributed by atoms with Crippen LogP contribution in [-0.4, -0.2) is 55.3 Å². The molecule has 0 bridgehead atoms. The van der Waals surface area contributed by atoms with Gasteiger partial charge in [0, 0.05) is 31.3 Å². The van der Waals surface area contributed by atoms with E-state index in [2.05, 4.69) is 0 Å². The topological polar surface area (TPSA) is 76.2 Å². The minimum Gasteiger partial charge on any atom is -0.493 e. The van der Waals surface area contributed by atoms with Crippen molar-refractivity contribution in [2.24, 2.45) is 0 Å². The number of imide groups is 1. The van der Waals surface area contributed by atoms with Gasteiger partial charge in [-0.15, -0.1) is 0 Å². The number of carbonyl (C=O) groups is 3. The number of amides is 3. The molecule has 2 aromatic rings. The van der Waals surface area contributed by atoms with Gasteiger partial charge in [0.2, 0.25) is 0 Å². The molecule has 1 heterocycles. The molecule has 3 rings (SSSR count). The third-order valence-corrected chi connectivity index (χ3v) is 5.19. The van der Waals surface area contributed by atoms with Crippen LogP contribution in [0, 0.1) is 0 Å². The maximum atomic E-state index is 13.0. The molecule has 0 radical (unpaired) electrons. The van der Waals surface area contributed by atoms with Crippen molar-refractivity contribution in [1.82, 2.24) is 9.80 Å². The standard InChI is InChI=1S/C23H26N2O5/c1-5-6-12-25-22(27)17-11-10-15(13-18(17)23(25)28)21(26)24(2)14-16-8-7-9-19(29-3)20(16)30-4/h7-11,13H,5-6,12,14H2,1-4H3. The molecule has 158 valence electrons. The molecule has 0 aromatic heterocycles. The predicted octanol–water partition coefficient (Wildman–Crippen LogP) is 3.37. The molecule has 7 nitrogen and oxygen atoms in total. The summed E-state index contributed by atoms with van der Waals surface area (Å²) < 4.78 is 10.7. The van der Waals surface area contributed by atoms with E-state index in [1.807, 2.05) is 19.1 Å². The van der Waals surface area contributed by atoms with Crippen LogP contribution in [0.15, 0.2) is 36.4 Å². The summed E-state index contributed by atoms with van der Waals surface area (Å²) in [6.07, 6.45) is 1.64. The Morgan fingerprint density at radius 2 is 1.77 bits per heavy atom. The normalized spacial score (nSPS) is 12.7. The Morgan fingerprint density at radius 1 is 1.03 bits per heavy atom. The number of carbonyl (C=O) groups excluding carboxylic acids is 3. The van der Waals surface area contributed by atoms with Crippen molar-refractivity contribution in [3.8, 4) is 11.5 Å². The first-order chi connectivity index (χ1) is 14.4. The highest BCUT2D eigenvalue weighted by atomic mass is 16.5. The summed E-state index contributed by atoms with van der Waals surface area (Å²) >= 11 is 0. The Bertz CT molecular complexity index is 986. The highest BCUT2D eigenvalue weighted by molar-refractivity contribution is 6.22. The van der Waals surface area contributed by atoms with Gasteiger partial charge in [-0.25, -0.2) is 0 Å². The van der Waals surface area contributed by atoms with Gasteiger partial charge in [-0.1, -0.05) is 25.5 Å². The summed E-state index contributed by atoms with van der Waals surface area (Å²) in [5.74, 6) is 0.271. The van der Waals surface area contributed by atoms with Crippen LogP contribution >= 0.6 is 0 Å². The second-order valence-electron chi connectivity index (χ2n) is 7.19. The molecular formula is C23H26N2O5. The van der Waals surface area contributed by atoms with Crippen molar-refractivity contribution in [2.45, 2.75) is 26.3 Å². The molecule has 3 amide bonds. The largest absolute Gasteiger partial charge is 0.493 e. The lowest BCUT2D eigenvalue weighted by molar-refractivity contribution is 0.0652. The summed E-state index contributed by atoms with van der Waals surface area (Å²) in [7, 11) is 4.79. The molecule has 0 saturated heterocycles. The van der Waals surface area contributed by atoms with E-state index in [1.165, 1.54) is 15.9 Å². The first-order valence-electron chi connectivity index (χ1n) is 9.88. The van der Waals surface area contributed by atoms with E-state index in [0.717, 1.165) is 18.4 Å². The van der Waals surface area contributed by atoms with E-state index in [1.54, 1.807) is 39.5 Å². The third kappa shape index (κ3) is 3.87. The molecule has 0 unspecified atom stereocenters. The summed E-state index contributed by atoms with van der Waals surface area (Å²) in [5, 5.41) is 0. The first kappa shape index (κ1) is 21.4. The van der Waals surface area contributed by atoms with Gasteiger partial charge in [0.05, 0.1) is 25.3 Å². The number of para-hydroxylation sites is 1. The van der Waals surface area contributed by atoms with E-state index >= 15 is 0 Å². The van der Waals surface area contributed by atoms with E-state index < -0.39 is 0 Å². The number of ether oxygens (including phenoxy) is 2. The van der Waals surface area contributed by atoms with Gasteiger partial charge in [-0.3, -0.25) is 19.3 Å². The average molecular weight is 410 g/mol. The predicted molar refractivity (Wildman–Crippen MR) is 112 cm³/mol. The van der Waals surface area contributed by atoms with Gasteiger partial charge < -0.3 is 14.4 Å². The number of hydrogen-bond donors (Lipinski definition) is 0. The molecule has 0 spiro atoms. The Kier molecular flexibility index (Phi) is 6.40. The number of benzene rings is 2. The molecular weight excluding hydrogens is 384 g/mol. The minimum absolute atomic E-state index is 0.255. The Labute approximate surface area is 176 Å². The Hall–Kier alpha value is -3.35. The number of unbranched alkanes of at least 4 members (excludes halogenated alkanes) is 1. The minimum atomic E-state index is -0.338. The maximum absolute atomic E-state index is 13.0. The van der Waals surface area contributed by atoms with Crippen LogP contribution in [0.4, 0.5) is 0 Å². The fourth-order valence-electron chi connectivity index (χ4n) is 3.57. The first-order valence-corrected chi connectivity index (χ1v) is 9.88. The number of nitrogens with zero attached hydrogens (tertiary/aromatic N) is 2. The highest BCUT2D eigenvalue weighted by Crippen LogP contribution is 2.32. The van der Waals surface area contributed by atoms with Crippen molar-refractivity contribution in [1.29, 1.82) is 0 Å². The molecule has 7 heteroatoms. The lowest BCUT2D eigenvalue weighted by Crippen LogP contribution is -2.30. The molecule has 0 fully saturated rings. The number of rotatable bonds is 8. The van der Waals surface area contributed by atoms with Crippen molar-refractivity contribution < 1.29 is 23.9 Å². The van der Waals surface area contributed by atoms with Gasteiger partial charge in [-0.05, 0) is 30.7 Å². The van der Waals surface area contributed by atoms with Gasteiger partial charge in [0.1, 0.15) is 0 Å². The fourth-order valence-corrected chi connectivity index (χ4v) is 3.57. The van der Waals surface area contributed by atoms with Crippen LogP contribution in [0.3, 0.4) is 0 Å². The summed E-state index contributed by atoms with van der Waals surface area (Å²) in [6, 6.07) is 10.2. The number of methoxy groups -OCH3 is 2. The molecule has 30 heavy (non-hydrogen) atoms. The van der Waals surface area contributed by atoms with Crippen LogP contribution in [0.25, 0.3) is 0 Å². The summed E-state index contributed by atoms with van der Waals surface area (Å²) in [5.41, 5.74) is 1.79. The van der Waals surface area contributed by atoms with Crippen LogP contribution in [0.5, 0.6) is 11.5 Å². The van der Waals surface area contributed by atoms with Gasteiger partial charge in [-0.2, -0.15) is 0 Å². The molecule has 0 aliphatic carbocycles. The number of hydrogen-bond acceptors (Lipinski definition) is 5. The monoisotopic (exact) mass is 410 g/mol. The Morgan fingerprint density at radius 3 is 2.43 bits per heavy atom. The molecule has 1 aliphatic heterocycles. The SMILES string of the molecule is CCCCN1C(=O)c2ccc(C(=O)N(C)Cc3cccc(OC)c3OC)cc2C1=O. The third-order valence-electron chi connectivity index (χ3n) is 5.19. The lowest BCUT2D eigenvalue weighted by atomic mass is 10.0. The quantitative estimate of drug-likeness (QED) is 0.624. The average Bonchev–Trinajstić information content (AvgIpc) is 3.00. The lowest BCUT2D eigenvalue weighted by Gasteiger charge is -2.20. The molecule has 0 atom stereocenters. The van der Waals surface area contributed by atoms with Gasteiger partial charge in [0.25, 0.3) is 17.7 Å². The molecule has 2 aromatic carbocycles. The zero-order chi connectivity index (χ0) is 21.8. The second-order valence-corrected chi connectivity index (χ2v) is 7.19. The highest BCUT2D eigenvalue weighted by Gasteiger charge is 2.35. The molecule has 0 saturated carbocycles. The zero-order valence-corrected chi connectivity index (χ0v) is 17.7. The van der Waals surface area contributed by atoms with E-state index in [-0.39, 0.29) is 23.3 Å². The van der Waals surface area contributed by atoms with Crippen molar-refractivity contribution in [2.75, 3.05) is 27.8 Å². The van der Waals surface area contributed by atoms with E-state index in [9.17, 15) is 14.4 Å². The molecule has 0 N–H and O–H groups in total. The number of fused-ring (bicyclic) bond motifs is 1. The fraction of sp³-hybridized carbons (Fsp3) is 0.348. The van der Waals surface area contributed by atoms with Crippen molar-refractivity contribution in [3.05, 3.63) is 58.7 Å². The van der Waals surface area contributed by atoms with Crippen LogP contribution in [0.1, 0.15) is 56.4 Å². The van der Waals surface area contributed by atoms with Crippen molar-refractivity contribution >= 4 is 17.7 Å². The Balaban J connectivity index is 1.82. The van der Waals surface area contributed by atoms with Gasteiger partial charge in [0.15, 0.2) is 11.5 Å². The van der Waals surface area contributed by atoms with E-state index in [4.69, 9.17) is 9.47 Å². The second kappa shape index (κ2) is 8.98. The van der Waals surface area contributed by atoms with Crippen LogP contribution in [0.2, 0.25) is 0 Å². The van der Waals surface area contributed by atoms with Gasteiger partial charge >= 0.3 is 0 Å². The zero-order valence-electron chi connectivity index (χ0n) is 17.7. The van der Waals surface area contributed by atoms with Crippen molar-refractivity contribution in [3.63, 3.8) is 0 Å². The van der Waals surface area contributed by atoms with Crippen LogP contribution < -0.4 is 9.47 Å². The van der Waals surface area contributed by atoms with Crippen LogP contribution in [-0.2, 0) is 6.54 Å².